The zero-order valence-corrected chi connectivity index (χ0v) is 53.4. The molecule has 0 unspecified atom stereocenters. The van der Waals surface area contributed by atoms with Crippen molar-refractivity contribution in [2.75, 3.05) is 98.4 Å². The third-order valence-corrected chi connectivity index (χ3v) is 18.5. The fourth-order valence-corrected chi connectivity index (χ4v) is 13.2. The molecule has 0 bridgehead atoms. The maximum Gasteiger partial charge on any atom is 0.326 e. The first-order valence-electron chi connectivity index (χ1n) is 31.2. The lowest BCUT2D eigenvalue weighted by molar-refractivity contribution is -0.147. The Kier molecular flexibility index (Phi) is 32.3. The Labute approximate surface area is 536 Å². The molecule has 28 heteroatoms. The predicted molar refractivity (Wildman–Crippen MR) is 337 cm³/mol. The summed E-state index contributed by atoms with van der Waals surface area (Å²) in [5, 5.41) is 35.4. The van der Waals surface area contributed by atoms with Crippen molar-refractivity contribution in [3.8, 4) is 5.75 Å². The number of piperidine rings is 1. The molecule has 0 aromatic heterocycles. The smallest absolute Gasteiger partial charge is 0.326 e. The molecule has 6 rings (SSSR count). The number of aliphatic carboxylic acids is 2. The van der Waals surface area contributed by atoms with Gasteiger partial charge in [-0.2, -0.15) is 16.5 Å². The predicted octanol–water partition coefficient (Wildman–Crippen LogP) is 3.55. The standard InChI is InChI=1S/C63H90N8O18S2/c1-71-28-24-44(25-29-71)12-8-10-30-88-48-22-20-45(21-23-48)38-52(62(80)89-41-46-13-3-2-4-14-46)70-91(82,83)49-16-11-15-47(39-49)59(75)65-27-31-84-32-33-85-34-35-86-36-37-87-42-57(74)66-50(60(76)77)17-7-9-26-64-56(73)40-51(61(78)79)67-55(72)19-6-5-18-54-58-53(43-90-54)68-63(81)69-58/h2-4,11,13-16,20-23,39,44,50-54,58,70H,5-10,12,17-19,24-38,40-43H2,1H3,(H,64,73)(H,65,75)(H,66,74)(H,67,72)(H,76,77)(H,78,79)(H2,68,69,81)/t50-,51+,52-,53-,54-,58-/m0/s1. The Morgan fingerprint density at radius 2 is 1.35 bits per heavy atom. The molecule has 6 atom stereocenters. The number of carboxylic acid groups (broad SMARTS) is 2. The van der Waals surface area contributed by atoms with Gasteiger partial charge < -0.3 is 75.4 Å². The van der Waals surface area contributed by atoms with E-state index in [1.54, 1.807) is 48.2 Å². The number of fused-ring (bicyclic) bond motifs is 1. The van der Waals surface area contributed by atoms with Crippen LogP contribution in [-0.4, -0.2) is 205 Å². The van der Waals surface area contributed by atoms with E-state index < -0.39 is 82.7 Å². The summed E-state index contributed by atoms with van der Waals surface area (Å²) >= 11 is 1.77. The number of rotatable bonds is 45. The minimum absolute atomic E-state index is 0.00948. The van der Waals surface area contributed by atoms with Crippen LogP contribution in [0, 0.1) is 5.92 Å². The maximum atomic E-state index is 13.8. The highest BCUT2D eigenvalue weighted by Crippen LogP contribution is 2.33. The van der Waals surface area contributed by atoms with Gasteiger partial charge >= 0.3 is 23.9 Å². The van der Waals surface area contributed by atoms with E-state index in [1.165, 1.54) is 43.5 Å². The second-order valence-electron chi connectivity index (χ2n) is 22.7. The van der Waals surface area contributed by atoms with Gasteiger partial charge in [-0.15, -0.1) is 0 Å². The van der Waals surface area contributed by atoms with Gasteiger partial charge in [0.1, 0.15) is 37.1 Å². The molecule has 3 saturated heterocycles. The summed E-state index contributed by atoms with van der Waals surface area (Å²) in [6.45, 7) is 3.82. The number of nitrogens with one attached hydrogen (secondary N) is 7. The molecule has 91 heavy (non-hydrogen) atoms. The summed E-state index contributed by atoms with van der Waals surface area (Å²) in [7, 11) is -2.18. The molecule has 26 nitrogen and oxygen atoms in total. The van der Waals surface area contributed by atoms with Gasteiger partial charge in [-0.05, 0) is 132 Å². The number of carbonyl (C=O) groups is 8. The van der Waals surface area contributed by atoms with Crippen molar-refractivity contribution in [3.63, 3.8) is 0 Å². The molecule has 0 radical (unpaired) electrons. The number of esters is 1. The highest BCUT2D eigenvalue weighted by Gasteiger charge is 2.42. The van der Waals surface area contributed by atoms with Gasteiger partial charge in [0.15, 0.2) is 0 Å². The van der Waals surface area contributed by atoms with E-state index in [4.69, 9.17) is 28.4 Å². The number of carbonyl (C=O) groups excluding carboxylic acids is 6. The van der Waals surface area contributed by atoms with Crippen molar-refractivity contribution in [1.29, 1.82) is 0 Å². The van der Waals surface area contributed by atoms with Gasteiger partial charge in [0, 0.05) is 36.1 Å². The highest BCUT2D eigenvalue weighted by atomic mass is 32.2. The highest BCUT2D eigenvalue weighted by molar-refractivity contribution is 8.00. The third kappa shape index (κ3) is 27.8. The van der Waals surface area contributed by atoms with Crippen LogP contribution in [0.15, 0.2) is 83.8 Å². The summed E-state index contributed by atoms with van der Waals surface area (Å²) in [5.41, 5.74) is 1.49. The van der Waals surface area contributed by atoms with E-state index in [0.717, 1.165) is 49.6 Å². The van der Waals surface area contributed by atoms with Gasteiger partial charge in [0.2, 0.25) is 27.7 Å². The Hall–Kier alpha value is -6.92. The normalized spacial score (nSPS) is 17.5. The number of hydrogen-bond acceptors (Lipinski definition) is 18. The molecule has 0 saturated carbocycles. The summed E-state index contributed by atoms with van der Waals surface area (Å²) in [5.74, 6) is -3.37. The number of nitrogens with zero attached hydrogens (tertiary/aromatic N) is 1. The molecule has 3 aromatic rings. The monoisotopic (exact) mass is 1310 g/mol. The second-order valence-corrected chi connectivity index (χ2v) is 25.7. The summed E-state index contributed by atoms with van der Waals surface area (Å²) in [6.07, 6.45) is 8.06. The van der Waals surface area contributed by atoms with Gasteiger partial charge in [-0.1, -0.05) is 61.4 Å². The number of benzene rings is 3. The van der Waals surface area contributed by atoms with Gasteiger partial charge in [0.05, 0.1) is 76.3 Å². The van der Waals surface area contributed by atoms with Crippen LogP contribution >= 0.6 is 11.8 Å². The van der Waals surface area contributed by atoms with E-state index in [0.29, 0.717) is 43.6 Å². The fraction of sp³-hybridized carbons (Fsp3) is 0.587. The zero-order chi connectivity index (χ0) is 65.2. The SMILES string of the molecule is CN1CCC(CCCCOc2ccc(C[C@H](NS(=O)(=O)c3cccc(C(=O)NCCOCCOCCOCCOCC(=O)N[C@@H](CCCCNC(=O)C[C@@H](NC(=O)CCCC[C@@H]4SC[C@@H]5NC(=O)N[C@@H]54)C(=O)O)C(=O)O)c3)C(=O)OCc3ccccc3)cc2)CC1. The van der Waals surface area contributed by atoms with Crippen molar-refractivity contribution in [2.24, 2.45) is 5.92 Å². The topological polar surface area (TPSA) is 354 Å². The number of thioether (sulfide) groups is 1. The van der Waals surface area contributed by atoms with Crippen LogP contribution in [0.3, 0.4) is 0 Å². The molecule has 502 valence electrons. The lowest BCUT2D eigenvalue weighted by atomic mass is 9.92. The number of likely N-dealkylation sites (tertiary alicyclic amines) is 1. The minimum atomic E-state index is -4.34. The van der Waals surface area contributed by atoms with Crippen LogP contribution in [-0.2, 0) is 75.5 Å². The van der Waals surface area contributed by atoms with Crippen LogP contribution in [0.4, 0.5) is 4.79 Å². The number of urea groups is 1. The van der Waals surface area contributed by atoms with Crippen LogP contribution in [0.2, 0.25) is 0 Å². The number of sulfonamides is 1. The average Bonchev–Trinajstić information content (AvgIpc) is 1.88. The molecule has 9 N–H and O–H groups in total. The molecule has 0 spiro atoms. The molecule has 3 aliphatic heterocycles. The van der Waals surface area contributed by atoms with Crippen molar-refractivity contribution >= 4 is 69.4 Å². The lowest BCUT2D eigenvalue weighted by Gasteiger charge is -2.28. The second kappa shape index (κ2) is 40.1. The molecular formula is C63H90N8O18S2. The Morgan fingerprint density at radius 1 is 0.670 bits per heavy atom. The Morgan fingerprint density at radius 3 is 2.07 bits per heavy atom. The van der Waals surface area contributed by atoms with Gasteiger partial charge in [-0.25, -0.2) is 22.8 Å². The molecule has 3 fully saturated rings. The summed E-state index contributed by atoms with van der Waals surface area (Å²) in [6, 6.07) is 17.8. The number of carboxylic acids is 2. The molecule has 3 aliphatic rings. The van der Waals surface area contributed by atoms with Gasteiger partial charge in [0.25, 0.3) is 5.91 Å². The van der Waals surface area contributed by atoms with Gasteiger partial charge in [-0.3, -0.25) is 24.0 Å². The van der Waals surface area contributed by atoms with Crippen LogP contribution in [0.25, 0.3) is 0 Å². The minimum Gasteiger partial charge on any atom is -0.494 e. The van der Waals surface area contributed by atoms with E-state index in [1.807, 2.05) is 18.2 Å². The first-order chi connectivity index (χ1) is 43.9. The third-order valence-electron chi connectivity index (χ3n) is 15.5. The molecular weight excluding hydrogens is 1220 g/mol. The molecule has 0 aliphatic carbocycles. The largest absolute Gasteiger partial charge is 0.494 e. The van der Waals surface area contributed by atoms with E-state index >= 15 is 0 Å². The van der Waals surface area contributed by atoms with Crippen LogP contribution in [0.1, 0.15) is 105 Å². The van der Waals surface area contributed by atoms with Crippen molar-refractivity contribution in [3.05, 3.63) is 95.6 Å². The number of ether oxygens (including phenoxy) is 6. The van der Waals surface area contributed by atoms with Crippen molar-refractivity contribution < 1.29 is 85.4 Å². The quantitative estimate of drug-likeness (QED) is 0.0222. The van der Waals surface area contributed by atoms with E-state index in [2.05, 4.69) is 48.6 Å². The number of amides is 6. The lowest BCUT2D eigenvalue weighted by Crippen LogP contribution is -2.44. The van der Waals surface area contributed by atoms with Crippen molar-refractivity contribution in [2.45, 2.75) is 137 Å². The van der Waals surface area contributed by atoms with Crippen LogP contribution in [0.5, 0.6) is 5.75 Å². The zero-order valence-electron chi connectivity index (χ0n) is 51.7. The first kappa shape index (κ1) is 73.1. The van der Waals surface area contributed by atoms with E-state index in [-0.39, 0.29) is 119 Å². The Bertz CT molecular complexity index is 2890. The fourth-order valence-electron chi connectivity index (χ4n) is 10.5. The van der Waals surface area contributed by atoms with Crippen molar-refractivity contribution in [1.82, 2.24) is 41.5 Å². The summed E-state index contributed by atoms with van der Waals surface area (Å²) in [4.78, 5) is 101. The number of hydrogen-bond donors (Lipinski definition) is 9. The summed E-state index contributed by atoms with van der Waals surface area (Å²) < 4.78 is 63.6. The molecule has 6 amide bonds. The first-order valence-corrected chi connectivity index (χ1v) is 33.8. The average molecular weight is 1310 g/mol. The molecule has 3 heterocycles. The van der Waals surface area contributed by atoms with Crippen LogP contribution < -0.4 is 41.4 Å². The number of unbranched alkanes of at least 4 members (excludes halogenated alkanes) is 3. The maximum absolute atomic E-state index is 13.8. The Balaban J connectivity index is 0.770. The molecule has 3 aromatic carbocycles. The van der Waals surface area contributed by atoms with E-state index in [9.17, 15) is 57.0 Å².